The molecule has 4 rings (SSSR count). The number of nitrogens with one attached hydrogen (secondary N) is 1. The number of hydrogen-bond acceptors (Lipinski definition) is 3. The van der Waals surface area contributed by atoms with Crippen LogP contribution >= 0.6 is 0 Å². The summed E-state index contributed by atoms with van der Waals surface area (Å²) in [6.07, 6.45) is 2.07. The summed E-state index contributed by atoms with van der Waals surface area (Å²) < 4.78 is 33.0. The first-order valence-corrected chi connectivity index (χ1v) is 8.90. The van der Waals surface area contributed by atoms with Gasteiger partial charge >= 0.3 is 0 Å². The smallest absolute Gasteiger partial charge is 0.200 e. The Bertz CT molecular complexity index is 932. The average Bonchev–Trinajstić information content (AvgIpc) is 3.10. The average molecular weight is 366 g/mol. The van der Waals surface area contributed by atoms with Gasteiger partial charge in [0.25, 0.3) is 0 Å². The second-order valence-corrected chi connectivity index (χ2v) is 6.78. The number of hydrogen-bond donors (Lipinski definition) is 2. The molecule has 3 aromatic rings. The highest BCUT2D eigenvalue weighted by atomic mass is 19.1. The van der Waals surface area contributed by atoms with Crippen LogP contribution in [-0.2, 0) is 19.4 Å². The van der Waals surface area contributed by atoms with Gasteiger partial charge in [0.15, 0.2) is 11.6 Å². The molecule has 138 valence electrons. The molecule has 27 heavy (non-hydrogen) atoms. The maximum Gasteiger partial charge on any atom is 0.200 e. The number of anilines is 1. The van der Waals surface area contributed by atoms with Crippen LogP contribution in [0.1, 0.15) is 16.7 Å². The molecule has 0 radical (unpaired) electrons. The molecule has 3 nitrogen and oxygen atoms in total. The SMILES string of the molecule is Nc1ccc(F)c(Oc2ccc(CNC3Cc4ccccc4C3)cc2)c1F. The molecule has 1 aliphatic rings. The molecule has 0 saturated carbocycles. The second kappa shape index (κ2) is 7.37. The quantitative estimate of drug-likeness (QED) is 0.649. The Labute approximate surface area is 156 Å². The number of ether oxygens (including phenoxy) is 1. The molecular weight excluding hydrogens is 346 g/mol. The van der Waals surface area contributed by atoms with Crippen molar-refractivity contribution in [3.8, 4) is 11.5 Å². The van der Waals surface area contributed by atoms with E-state index in [0.29, 0.717) is 11.8 Å². The van der Waals surface area contributed by atoms with E-state index in [4.69, 9.17) is 10.5 Å². The Morgan fingerprint density at radius 3 is 2.26 bits per heavy atom. The van der Waals surface area contributed by atoms with E-state index < -0.39 is 17.4 Å². The Hall–Kier alpha value is -2.92. The van der Waals surface area contributed by atoms with Gasteiger partial charge in [-0.25, -0.2) is 8.78 Å². The summed E-state index contributed by atoms with van der Waals surface area (Å²) >= 11 is 0. The monoisotopic (exact) mass is 366 g/mol. The first-order valence-electron chi connectivity index (χ1n) is 8.90. The summed E-state index contributed by atoms with van der Waals surface area (Å²) in [6.45, 7) is 0.722. The van der Waals surface area contributed by atoms with E-state index in [9.17, 15) is 8.78 Å². The van der Waals surface area contributed by atoms with Crippen molar-refractivity contribution in [3.05, 3.63) is 89.0 Å². The number of rotatable bonds is 5. The Kier molecular flexibility index (Phi) is 4.77. The third-order valence-electron chi connectivity index (χ3n) is 4.87. The highest BCUT2D eigenvalue weighted by molar-refractivity contribution is 5.48. The van der Waals surface area contributed by atoms with Crippen LogP contribution in [0.4, 0.5) is 14.5 Å². The van der Waals surface area contributed by atoms with Crippen LogP contribution in [0.3, 0.4) is 0 Å². The Morgan fingerprint density at radius 2 is 1.59 bits per heavy atom. The van der Waals surface area contributed by atoms with Crippen LogP contribution in [0.5, 0.6) is 11.5 Å². The topological polar surface area (TPSA) is 47.3 Å². The summed E-state index contributed by atoms with van der Waals surface area (Å²) in [5.74, 6) is -1.80. The molecule has 0 saturated heterocycles. The number of halogens is 2. The third kappa shape index (κ3) is 3.78. The Balaban J connectivity index is 1.37. The zero-order valence-electron chi connectivity index (χ0n) is 14.7. The number of nitrogen functional groups attached to an aromatic ring is 1. The van der Waals surface area contributed by atoms with E-state index in [0.717, 1.165) is 31.0 Å². The van der Waals surface area contributed by atoms with Crippen molar-refractivity contribution in [2.45, 2.75) is 25.4 Å². The van der Waals surface area contributed by atoms with E-state index in [2.05, 4.69) is 29.6 Å². The van der Waals surface area contributed by atoms with E-state index in [1.54, 1.807) is 12.1 Å². The lowest BCUT2D eigenvalue weighted by molar-refractivity contribution is 0.408. The van der Waals surface area contributed by atoms with Crippen LogP contribution in [0.15, 0.2) is 60.7 Å². The zero-order valence-corrected chi connectivity index (χ0v) is 14.7. The van der Waals surface area contributed by atoms with Crippen molar-refractivity contribution in [2.75, 3.05) is 5.73 Å². The van der Waals surface area contributed by atoms with Crippen molar-refractivity contribution in [1.29, 1.82) is 0 Å². The minimum absolute atomic E-state index is 0.148. The van der Waals surface area contributed by atoms with Crippen molar-refractivity contribution in [1.82, 2.24) is 5.32 Å². The van der Waals surface area contributed by atoms with Gasteiger partial charge < -0.3 is 15.8 Å². The van der Waals surface area contributed by atoms with E-state index >= 15 is 0 Å². The maximum atomic E-state index is 13.9. The molecule has 0 amide bonds. The van der Waals surface area contributed by atoms with Gasteiger partial charge in [-0.3, -0.25) is 0 Å². The lowest BCUT2D eigenvalue weighted by Crippen LogP contribution is -2.28. The van der Waals surface area contributed by atoms with Crippen molar-refractivity contribution >= 4 is 5.69 Å². The normalized spacial score (nSPS) is 13.6. The summed E-state index contributed by atoms with van der Waals surface area (Å²) in [4.78, 5) is 0. The van der Waals surface area contributed by atoms with Gasteiger partial charge in [0.2, 0.25) is 5.75 Å². The third-order valence-corrected chi connectivity index (χ3v) is 4.87. The standard InChI is InChI=1S/C22H20F2N2O/c23-19-9-10-20(25)21(24)22(19)27-18-7-5-14(6-8-18)13-26-17-11-15-3-1-2-4-16(15)12-17/h1-10,17,26H,11-13,25H2. The summed E-state index contributed by atoms with van der Waals surface area (Å²) in [5.41, 5.74) is 9.21. The molecule has 0 spiro atoms. The molecule has 0 unspecified atom stereocenters. The van der Waals surface area contributed by atoms with Gasteiger partial charge in [0.1, 0.15) is 5.75 Å². The molecular formula is C22H20F2N2O. The zero-order chi connectivity index (χ0) is 18.8. The summed E-state index contributed by atoms with van der Waals surface area (Å²) in [6, 6.07) is 18.4. The van der Waals surface area contributed by atoms with Gasteiger partial charge in [-0.15, -0.1) is 0 Å². The molecule has 3 aromatic carbocycles. The predicted octanol–water partition coefficient (Wildman–Crippen LogP) is 4.60. The molecule has 0 aromatic heterocycles. The second-order valence-electron chi connectivity index (χ2n) is 6.78. The van der Waals surface area contributed by atoms with Crippen LogP contribution < -0.4 is 15.8 Å². The predicted molar refractivity (Wildman–Crippen MR) is 102 cm³/mol. The van der Waals surface area contributed by atoms with Gasteiger partial charge in [-0.1, -0.05) is 36.4 Å². The van der Waals surface area contributed by atoms with Crippen LogP contribution in [0, 0.1) is 11.6 Å². The molecule has 0 heterocycles. The molecule has 0 aliphatic heterocycles. The minimum atomic E-state index is -0.887. The molecule has 0 atom stereocenters. The lowest BCUT2D eigenvalue weighted by Gasteiger charge is -2.13. The van der Waals surface area contributed by atoms with Crippen LogP contribution in [0.25, 0.3) is 0 Å². The highest BCUT2D eigenvalue weighted by Crippen LogP contribution is 2.30. The molecule has 5 heteroatoms. The molecule has 0 bridgehead atoms. The van der Waals surface area contributed by atoms with Crippen LogP contribution in [0.2, 0.25) is 0 Å². The summed E-state index contributed by atoms with van der Waals surface area (Å²) in [5, 5.41) is 3.56. The number of benzene rings is 3. The fourth-order valence-corrected chi connectivity index (χ4v) is 3.40. The fraction of sp³-hybridized carbons (Fsp3) is 0.182. The highest BCUT2D eigenvalue weighted by Gasteiger charge is 2.20. The van der Waals surface area contributed by atoms with Gasteiger partial charge in [-0.2, -0.15) is 0 Å². The first-order chi connectivity index (χ1) is 13.1. The number of nitrogens with two attached hydrogens (primary N) is 1. The van der Waals surface area contributed by atoms with E-state index in [1.807, 2.05) is 12.1 Å². The maximum absolute atomic E-state index is 13.9. The fourth-order valence-electron chi connectivity index (χ4n) is 3.40. The molecule has 1 aliphatic carbocycles. The van der Waals surface area contributed by atoms with Crippen LogP contribution in [-0.4, -0.2) is 6.04 Å². The van der Waals surface area contributed by atoms with E-state index in [1.165, 1.54) is 17.2 Å². The van der Waals surface area contributed by atoms with Crippen molar-refractivity contribution < 1.29 is 13.5 Å². The van der Waals surface area contributed by atoms with Gasteiger partial charge in [0.05, 0.1) is 5.69 Å². The van der Waals surface area contributed by atoms with E-state index in [-0.39, 0.29) is 5.69 Å². The summed E-state index contributed by atoms with van der Waals surface area (Å²) in [7, 11) is 0. The van der Waals surface area contributed by atoms with Crippen molar-refractivity contribution in [3.63, 3.8) is 0 Å². The lowest BCUT2D eigenvalue weighted by atomic mass is 10.1. The number of fused-ring (bicyclic) bond motifs is 1. The minimum Gasteiger partial charge on any atom is -0.451 e. The van der Waals surface area contributed by atoms with Gasteiger partial charge in [-0.05, 0) is 53.8 Å². The first kappa shape index (κ1) is 17.5. The Morgan fingerprint density at radius 1 is 0.926 bits per heavy atom. The largest absolute Gasteiger partial charge is 0.451 e. The van der Waals surface area contributed by atoms with Crippen molar-refractivity contribution in [2.24, 2.45) is 0 Å². The van der Waals surface area contributed by atoms with Gasteiger partial charge in [0, 0.05) is 12.6 Å². The molecule has 0 fully saturated rings. The molecule has 3 N–H and O–H groups in total.